The molecule has 0 atom stereocenters. The van der Waals surface area contributed by atoms with E-state index in [4.69, 9.17) is 10.2 Å². The van der Waals surface area contributed by atoms with Crippen molar-refractivity contribution in [1.82, 2.24) is 0 Å². The second-order valence-electron chi connectivity index (χ2n) is 2.61. The zero-order chi connectivity index (χ0) is 11.8. The Bertz CT molecular complexity index is 528. The SMILES string of the molecule is NS(=O)(=O)c1cc(Br)c(F)cc1C(=O)O. The fourth-order valence-corrected chi connectivity index (χ4v) is 2.16. The molecule has 1 rings (SSSR count). The van der Waals surface area contributed by atoms with E-state index >= 15 is 0 Å². The summed E-state index contributed by atoms with van der Waals surface area (Å²) in [6.45, 7) is 0. The van der Waals surface area contributed by atoms with Crippen molar-refractivity contribution < 1.29 is 22.7 Å². The number of aromatic carboxylic acids is 1. The standard InChI is InChI=1S/C7H5BrFNO4S/c8-4-2-6(15(10,13)14)3(7(11)12)1-5(4)9/h1-2H,(H,11,12)(H2,10,13,14). The van der Waals surface area contributed by atoms with Crippen LogP contribution in [-0.2, 0) is 10.0 Å². The van der Waals surface area contributed by atoms with Crippen molar-refractivity contribution in [2.75, 3.05) is 0 Å². The summed E-state index contributed by atoms with van der Waals surface area (Å²) < 4.78 is 34.8. The molecule has 0 heterocycles. The van der Waals surface area contributed by atoms with Gasteiger partial charge >= 0.3 is 5.97 Å². The summed E-state index contributed by atoms with van der Waals surface area (Å²) in [6.07, 6.45) is 0. The average molecular weight is 298 g/mol. The Morgan fingerprint density at radius 3 is 2.40 bits per heavy atom. The van der Waals surface area contributed by atoms with E-state index < -0.39 is 32.3 Å². The highest BCUT2D eigenvalue weighted by molar-refractivity contribution is 9.10. The average Bonchev–Trinajstić information content (AvgIpc) is 2.06. The van der Waals surface area contributed by atoms with Crippen molar-refractivity contribution >= 4 is 31.9 Å². The van der Waals surface area contributed by atoms with E-state index in [1.54, 1.807) is 0 Å². The van der Waals surface area contributed by atoms with Gasteiger partial charge in [-0.15, -0.1) is 0 Å². The van der Waals surface area contributed by atoms with Crippen molar-refractivity contribution in [3.05, 3.63) is 28.0 Å². The Morgan fingerprint density at radius 2 is 2.00 bits per heavy atom. The second-order valence-corrected chi connectivity index (χ2v) is 5.00. The number of carbonyl (C=O) groups is 1. The van der Waals surface area contributed by atoms with Crippen molar-refractivity contribution in [3.8, 4) is 0 Å². The minimum Gasteiger partial charge on any atom is -0.478 e. The molecule has 0 aliphatic rings. The Balaban J connectivity index is 3.64. The maximum absolute atomic E-state index is 13.0. The summed E-state index contributed by atoms with van der Waals surface area (Å²) in [4.78, 5) is 9.99. The number of sulfonamides is 1. The smallest absolute Gasteiger partial charge is 0.337 e. The number of carboxylic acids is 1. The van der Waals surface area contributed by atoms with E-state index in [1.807, 2.05) is 0 Å². The minimum atomic E-state index is -4.20. The highest BCUT2D eigenvalue weighted by atomic mass is 79.9. The Morgan fingerprint density at radius 1 is 1.47 bits per heavy atom. The van der Waals surface area contributed by atoms with Crippen LogP contribution in [-0.4, -0.2) is 19.5 Å². The van der Waals surface area contributed by atoms with Crippen molar-refractivity contribution in [2.24, 2.45) is 5.14 Å². The van der Waals surface area contributed by atoms with Gasteiger partial charge in [0, 0.05) is 0 Å². The third-order valence-corrected chi connectivity index (χ3v) is 3.12. The van der Waals surface area contributed by atoms with Crippen LogP contribution in [0.3, 0.4) is 0 Å². The van der Waals surface area contributed by atoms with E-state index in [-0.39, 0.29) is 4.47 Å². The number of benzene rings is 1. The molecule has 15 heavy (non-hydrogen) atoms. The van der Waals surface area contributed by atoms with E-state index in [0.29, 0.717) is 6.07 Å². The summed E-state index contributed by atoms with van der Waals surface area (Å²) in [6, 6.07) is 1.40. The third-order valence-electron chi connectivity index (χ3n) is 1.56. The lowest BCUT2D eigenvalue weighted by molar-refractivity contribution is 0.0692. The van der Waals surface area contributed by atoms with Gasteiger partial charge in [0.2, 0.25) is 10.0 Å². The Labute approximate surface area is 92.9 Å². The molecule has 0 saturated heterocycles. The quantitative estimate of drug-likeness (QED) is 0.848. The van der Waals surface area contributed by atoms with Crippen LogP contribution in [0.15, 0.2) is 21.5 Å². The van der Waals surface area contributed by atoms with Crippen LogP contribution in [0.1, 0.15) is 10.4 Å². The first kappa shape index (κ1) is 12.1. The van der Waals surface area contributed by atoms with Crippen LogP contribution >= 0.6 is 15.9 Å². The number of halogens is 2. The molecule has 0 radical (unpaired) electrons. The van der Waals surface area contributed by atoms with Crippen LogP contribution in [0, 0.1) is 5.82 Å². The number of rotatable bonds is 2. The molecule has 1 aromatic rings. The van der Waals surface area contributed by atoms with Crippen LogP contribution in [0.5, 0.6) is 0 Å². The molecule has 3 N–H and O–H groups in total. The summed E-state index contributed by atoms with van der Waals surface area (Å²) >= 11 is 2.73. The summed E-state index contributed by atoms with van der Waals surface area (Å²) in [5.74, 6) is -2.44. The van der Waals surface area contributed by atoms with Gasteiger partial charge in [0.05, 0.1) is 14.9 Å². The summed E-state index contributed by atoms with van der Waals surface area (Å²) in [7, 11) is -4.20. The number of primary sulfonamides is 1. The predicted molar refractivity (Wildman–Crippen MR) is 52.4 cm³/mol. The zero-order valence-electron chi connectivity index (χ0n) is 7.07. The van der Waals surface area contributed by atoms with Crippen LogP contribution in [0.2, 0.25) is 0 Å². The minimum absolute atomic E-state index is 0.170. The fraction of sp³-hybridized carbons (Fsp3) is 0. The van der Waals surface area contributed by atoms with Gasteiger partial charge < -0.3 is 5.11 Å². The summed E-state index contributed by atoms with van der Waals surface area (Å²) in [5, 5.41) is 13.4. The molecule has 0 bridgehead atoms. The van der Waals surface area contributed by atoms with Gasteiger partial charge in [-0.25, -0.2) is 22.7 Å². The number of nitrogens with two attached hydrogens (primary N) is 1. The Hall–Kier alpha value is -0.990. The van der Waals surface area contributed by atoms with Crippen LogP contribution in [0.4, 0.5) is 4.39 Å². The molecule has 0 aromatic heterocycles. The number of hydrogen-bond donors (Lipinski definition) is 2. The molecule has 0 unspecified atom stereocenters. The Kier molecular flexibility index (Phi) is 3.12. The van der Waals surface area contributed by atoms with Crippen molar-refractivity contribution in [1.29, 1.82) is 0 Å². The molecule has 0 aliphatic carbocycles. The molecule has 0 aliphatic heterocycles. The van der Waals surface area contributed by atoms with Gasteiger partial charge in [0.15, 0.2) is 0 Å². The van der Waals surface area contributed by atoms with Gasteiger partial charge in [0.25, 0.3) is 0 Å². The highest BCUT2D eigenvalue weighted by Crippen LogP contribution is 2.23. The molecule has 82 valence electrons. The largest absolute Gasteiger partial charge is 0.478 e. The van der Waals surface area contributed by atoms with Crippen molar-refractivity contribution in [2.45, 2.75) is 4.90 Å². The number of hydrogen-bond acceptors (Lipinski definition) is 3. The van der Waals surface area contributed by atoms with Crippen LogP contribution in [0.25, 0.3) is 0 Å². The topological polar surface area (TPSA) is 97.5 Å². The van der Waals surface area contributed by atoms with Gasteiger partial charge in [-0.1, -0.05) is 0 Å². The molecule has 0 fully saturated rings. The fourth-order valence-electron chi connectivity index (χ4n) is 0.931. The first-order chi connectivity index (χ1) is 6.73. The summed E-state index contributed by atoms with van der Waals surface area (Å²) in [5.41, 5.74) is -0.696. The van der Waals surface area contributed by atoms with E-state index in [2.05, 4.69) is 15.9 Å². The first-order valence-electron chi connectivity index (χ1n) is 3.48. The van der Waals surface area contributed by atoms with Gasteiger partial charge in [-0.05, 0) is 28.1 Å². The zero-order valence-corrected chi connectivity index (χ0v) is 9.47. The normalized spacial score (nSPS) is 11.4. The number of carboxylic acid groups (broad SMARTS) is 1. The van der Waals surface area contributed by atoms with Gasteiger partial charge in [-0.2, -0.15) is 0 Å². The third kappa shape index (κ3) is 2.52. The lowest BCUT2D eigenvalue weighted by Crippen LogP contribution is -2.17. The molecule has 0 spiro atoms. The molecule has 1 aromatic carbocycles. The molecule has 0 amide bonds. The molecular formula is C7H5BrFNO4S. The maximum atomic E-state index is 13.0. The van der Waals surface area contributed by atoms with Crippen LogP contribution < -0.4 is 5.14 Å². The second kappa shape index (κ2) is 3.87. The molecule has 5 nitrogen and oxygen atoms in total. The van der Waals surface area contributed by atoms with Gasteiger partial charge in [0.1, 0.15) is 5.82 Å². The molecular weight excluding hydrogens is 293 g/mol. The first-order valence-corrected chi connectivity index (χ1v) is 5.82. The van der Waals surface area contributed by atoms with E-state index in [1.165, 1.54) is 0 Å². The monoisotopic (exact) mass is 297 g/mol. The predicted octanol–water partition coefficient (Wildman–Crippen LogP) is 0.934. The lowest BCUT2D eigenvalue weighted by atomic mass is 10.2. The van der Waals surface area contributed by atoms with Crippen molar-refractivity contribution in [3.63, 3.8) is 0 Å². The van der Waals surface area contributed by atoms with E-state index in [0.717, 1.165) is 6.07 Å². The lowest BCUT2D eigenvalue weighted by Gasteiger charge is -2.04. The molecule has 8 heteroatoms. The maximum Gasteiger partial charge on any atom is 0.337 e. The van der Waals surface area contributed by atoms with E-state index in [9.17, 15) is 17.6 Å². The highest BCUT2D eigenvalue weighted by Gasteiger charge is 2.21. The van der Waals surface area contributed by atoms with Gasteiger partial charge in [-0.3, -0.25) is 0 Å². The molecule has 0 saturated carbocycles.